The summed E-state index contributed by atoms with van der Waals surface area (Å²) in [6.07, 6.45) is 1.59. The zero-order chi connectivity index (χ0) is 13.1. The molecule has 0 radical (unpaired) electrons. The number of rotatable bonds is 2. The molecule has 0 saturated carbocycles. The van der Waals surface area contributed by atoms with Crippen molar-refractivity contribution < 1.29 is 4.79 Å². The second-order valence-electron chi connectivity index (χ2n) is 3.78. The summed E-state index contributed by atoms with van der Waals surface area (Å²) >= 11 is 9.09. The minimum atomic E-state index is -0.173. The molecule has 2 rings (SSSR count). The van der Waals surface area contributed by atoms with E-state index in [0.717, 1.165) is 10.2 Å². The third kappa shape index (κ3) is 3.09. The van der Waals surface area contributed by atoms with Gasteiger partial charge in [-0.3, -0.25) is 4.79 Å². The van der Waals surface area contributed by atoms with Crippen molar-refractivity contribution in [2.75, 3.05) is 5.32 Å². The van der Waals surface area contributed by atoms with E-state index >= 15 is 0 Å². The lowest BCUT2D eigenvalue weighted by atomic mass is 10.1. The van der Waals surface area contributed by atoms with E-state index in [2.05, 4.69) is 26.2 Å². The number of aryl methyl sites for hydroxylation is 1. The number of amides is 1. The van der Waals surface area contributed by atoms with Crippen LogP contribution in [-0.2, 0) is 0 Å². The number of benzene rings is 1. The highest BCUT2D eigenvalue weighted by atomic mass is 79.9. The third-order valence-electron chi connectivity index (χ3n) is 2.42. The number of carbonyl (C=O) groups excluding carboxylic acids is 1. The van der Waals surface area contributed by atoms with E-state index in [-0.39, 0.29) is 5.91 Å². The van der Waals surface area contributed by atoms with Crippen molar-refractivity contribution in [3.8, 4) is 0 Å². The maximum atomic E-state index is 12.0. The highest BCUT2D eigenvalue weighted by molar-refractivity contribution is 9.10. The lowest BCUT2D eigenvalue weighted by molar-refractivity contribution is 0.102. The first kappa shape index (κ1) is 13.1. The molecule has 1 heterocycles. The Balaban J connectivity index is 2.19. The molecule has 0 bridgehead atoms. The van der Waals surface area contributed by atoms with Gasteiger partial charge in [-0.15, -0.1) is 0 Å². The van der Waals surface area contributed by atoms with Crippen LogP contribution in [0.15, 0.2) is 41.1 Å². The Morgan fingerprint density at radius 3 is 2.72 bits per heavy atom. The topological polar surface area (TPSA) is 42.0 Å². The van der Waals surface area contributed by atoms with E-state index in [4.69, 9.17) is 11.6 Å². The molecule has 1 aromatic carbocycles. The van der Waals surface area contributed by atoms with Crippen molar-refractivity contribution in [1.29, 1.82) is 0 Å². The molecule has 0 atom stereocenters. The van der Waals surface area contributed by atoms with Crippen LogP contribution < -0.4 is 5.32 Å². The van der Waals surface area contributed by atoms with Crippen LogP contribution in [-0.4, -0.2) is 10.9 Å². The van der Waals surface area contributed by atoms with Gasteiger partial charge in [-0.1, -0.05) is 11.6 Å². The molecule has 3 nitrogen and oxygen atoms in total. The summed E-state index contributed by atoms with van der Waals surface area (Å²) in [7, 11) is 0. The molecule has 1 aromatic heterocycles. The first-order valence-electron chi connectivity index (χ1n) is 5.25. The van der Waals surface area contributed by atoms with E-state index in [1.807, 2.05) is 6.92 Å². The highest BCUT2D eigenvalue weighted by Gasteiger charge is 2.09. The standard InChI is InChI=1S/C13H10BrClN2O/c1-8-6-9(15)2-4-11(8)13(18)17-10-3-5-12(14)16-7-10/h2-7H,1H3,(H,17,18). The first-order chi connectivity index (χ1) is 8.56. The maximum absolute atomic E-state index is 12.0. The van der Waals surface area contributed by atoms with E-state index < -0.39 is 0 Å². The van der Waals surface area contributed by atoms with Gasteiger partial charge >= 0.3 is 0 Å². The summed E-state index contributed by atoms with van der Waals surface area (Å²) in [6, 6.07) is 8.71. The Morgan fingerprint density at radius 2 is 2.11 bits per heavy atom. The lowest BCUT2D eigenvalue weighted by Gasteiger charge is -2.07. The second-order valence-corrected chi connectivity index (χ2v) is 5.03. The van der Waals surface area contributed by atoms with E-state index in [1.54, 1.807) is 36.5 Å². The number of hydrogen-bond donors (Lipinski definition) is 1. The van der Waals surface area contributed by atoms with Gasteiger partial charge in [0.05, 0.1) is 11.9 Å². The second kappa shape index (κ2) is 5.50. The molecule has 0 aliphatic rings. The van der Waals surface area contributed by atoms with E-state index in [9.17, 15) is 4.79 Å². The summed E-state index contributed by atoms with van der Waals surface area (Å²) in [5, 5.41) is 3.40. The van der Waals surface area contributed by atoms with Crippen LogP contribution in [0.2, 0.25) is 5.02 Å². The molecule has 0 unspecified atom stereocenters. The fourth-order valence-corrected chi connectivity index (χ4v) is 1.99. The number of nitrogens with zero attached hydrogens (tertiary/aromatic N) is 1. The molecular weight excluding hydrogens is 316 g/mol. The first-order valence-corrected chi connectivity index (χ1v) is 6.42. The number of anilines is 1. The molecule has 0 spiro atoms. The minimum Gasteiger partial charge on any atom is -0.321 e. The van der Waals surface area contributed by atoms with Crippen LogP contribution in [0.25, 0.3) is 0 Å². The zero-order valence-electron chi connectivity index (χ0n) is 9.58. The number of nitrogens with one attached hydrogen (secondary N) is 1. The SMILES string of the molecule is Cc1cc(Cl)ccc1C(=O)Nc1ccc(Br)nc1. The fourth-order valence-electron chi connectivity index (χ4n) is 1.53. The molecule has 0 fully saturated rings. The summed E-state index contributed by atoms with van der Waals surface area (Å²) < 4.78 is 0.725. The molecule has 5 heteroatoms. The summed E-state index contributed by atoms with van der Waals surface area (Å²) in [4.78, 5) is 16.1. The minimum absolute atomic E-state index is 0.173. The van der Waals surface area contributed by atoms with Gasteiger partial charge in [-0.05, 0) is 58.7 Å². The van der Waals surface area contributed by atoms with Gasteiger partial charge < -0.3 is 5.32 Å². The predicted molar refractivity (Wildman–Crippen MR) is 76.1 cm³/mol. The Morgan fingerprint density at radius 1 is 1.33 bits per heavy atom. The molecule has 0 aliphatic heterocycles. The number of carbonyl (C=O) groups is 1. The van der Waals surface area contributed by atoms with Gasteiger partial charge in [0.25, 0.3) is 5.91 Å². The van der Waals surface area contributed by atoms with Crippen LogP contribution in [0.3, 0.4) is 0 Å². The van der Waals surface area contributed by atoms with Gasteiger partial charge in [-0.2, -0.15) is 0 Å². The number of aromatic nitrogens is 1. The van der Waals surface area contributed by atoms with E-state index in [1.165, 1.54) is 0 Å². The largest absolute Gasteiger partial charge is 0.321 e. The van der Waals surface area contributed by atoms with Crippen molar-refractivity contribution in [3.63, 3.8) is 0 Å². The Labute approximate surface area is 118 Å². The lowest BCUT2D eigenvalue weighted by Crippen LogP contribution is -2.13. The van der Waals surface area contributed by atoms with Crippen LogP contribution >= 0.6 is 27.5 Å². The van der Waals surface area contributed by atoms with Crippen LogP contribution in [0, 0.1) is 6.92 Å². The Bertz CT molecular complexity index is 584. The van der Waals surface area contributed by atoms with Crippen LogP contribution in [0.5, 0.6) is 0 Å². The molecule has 0 aliphatic carbocycles. The quantitative estimate of drug-likeness (QED) is 0.846. The smallest absolute Gasteiger partial charge is 0.255 e. The Kier molecular flexibility index (Phi) is 3.99. The van der Waals surface area contributed by atoms with Crippen molar-refractivity contribution in [2.45, 2.75) is 6.92 Å². The van der Waals surface area contributed by atoms with Gasteiger partial charge in [0.15, 0.2) is 0 Å². The summed E-state index contributed by atoms with van der Waals surface area (Å²) in [5.74, 6) is -0.173. The summed E-state index contributed by atoms with van der Waals surface area (Å²) in [6.45, 7) is 1.85. The van der Waals surface area contributed by atoms with Crippen molar-refractivity contribution in [3.05, 3.63) is 57.3 Å². The fraction of sp³-hybridized carbons (Fsp3) is 0.0769. The van der Waals surface area contributed by atoms with Crippen LogP contribution in [0.4, 0.5) is 5.69 Å². The van der Waals surface area contributed by atoms with Gasteiger partial charge in [0.1, 0.15) is 4.60 Å². The van der Waals surface area contributed by atoms with Gasteiger partial charge in [-0.25, -0.2) is 4.98 Å². The monoisotopic (exact) mass is 324 g/mol. The predicted octanol–water partition coefficient (Wildman–Crippen LogP) is 4.06. The van der Waals surface area contributed by atoms with Crippen molar-refractivity contribution in [1.82, 2.24) is 4.98 Å². The summed E-state index contributed by atoms with van der Waals surface area (Å²) in [5.41, 5.74) is 2.09. The molecule has 92 valence electrons. The van der Waals surface area contributed by atoms with Crippen molar-refractivity contribution in [2.24, 2.45) is 0 Å². The van der Waals surface area contributed by atoms with E-state index in [0.29, 0.717) is 16.3 Å². The average molecular weight is 326 g/mol. The molecular formula is C13H10BrClN2O. The average Bonchev–Trinajstić information content (AvgIpc) is 2.32. The molecule has 2 aromatic rings. The molecule has 1 N–H and O–H groups in total. The van der Waals surface area contributed by atoms with Crippen LogP contribution in [0.1, 0.15) is 15.9 Å². The van der Waals surface area contributed by atoms with Gasteiger partial charge in [0, 0.05) is 10.6 Å². The number of pyridine rings is 1. The third-order valence-corrected chi connectivity index (χ3v) is 3.12. The normalized spacial score (nSPS) is 10.2. The van der Waals surface area contributed by atoms with Gasteiger partial charge in [0.2, 0.25) is 0 Å². The Hall–Kier alpha value is -1.39. The van der Waals surface area contributed by atoms with Crippen molar-refractivity contribution >= 4 is 39.1 Å². The molecule has 18 heavy (non-hydrogen) atoms. The number of hydrogen-bond acceptors (Lipinski definition) is 2. The maximum Gasteiger partial charge on any atom is 0.255 e. The highest BCUT2D eigenvalue weighted by Crippen LogP contribution is 2.17. The zero-order valence-corrected chi connectivity index (χ0v) is 11.9. The molecule has 0 saturated heterocycles. The number of halogens is 2. The molecule has 1 amide bonds.